The summed E-state index contributed by atoms with van der Waals surface area (Å²) in [6.07, 6.45) is 4.07. The summed E-state index contributed by atoms with van der Waals surface area (Å²) in [6, 6.07) is 0. The van der Waals surface area contributed by atoms with Crippen molar-refractivity contribution in [3.05, 3.63) is 19.2 Å². The van der Waals surface area contributed by atoms with Crippen molar-refractivity contribution in [2.24, 2.45) is 5.73 Å². The predicted molar refractivity (Wildman–Crippen MR) is 23.3 cm³/mol. The fourth-order valence-electron chi connectivity index (χ4n) is 0.0962. The van der Waals surface area contributed by atoms with Crippen LogP contribution in [0.4, 0.5) is 0 Å². The zero-order chi connectivity index (χ0) is 4.12. The van der Waals surface area contributed by atoms with Crippen molar-refractivity contribution < 1.29 is 0 Å². The highest BCUT2D eigenvalue weighted by atomic mass is 14.5. The third kappa shape index (κ3) is 3.54. The van der Waals surface area contributed by atoms with Gasteiger partial charge >= 0.3 is 0 Å². The Balaban J connectivity index is 2.62. The summed E-state index contributed by atoms with van der Waals surface area (Å²) in [5.41, 5.74) is 4.92. The van der Waals surface area contributed by atoms with E-state index in [1.165, 1.54) is 6.20 Å². The van der Waals surface area contributed by atoms with Crippen LogP contribution in [0.3, 0.4) is 0 Å². The molecule has 0 saturated heterocycles. The number of hydrogen-bond donors (Lipinski definition) is 1. The van der Waals surface area contributed by atoms with Crippen LogP contribution >= 0.6 is 0 Å². The summed E-state index contributed by atoms with van der Waals surface area (Å²) in [4.78, 5) is 0. The van der Waals surface area contributed by atoms with Gasteiger partial charge in [-0.3, -0.25) is 0 Å². The maximum Gasteiger partial charge on any atom is -0.0103 e. The molecule has 5 heavy (non-hydrogen) atoms. The van der Waals surface area contributed by atoms with Gasteiger partial charge in [-0.15, -0.1) is 0 Å². The SMILES string of the molecule is [CH2]CC=CN. The van der Waals surface area contributed by atoms with Crippen LogP contribution in [0.15, 0.2) is 12.3 Å². The van der Waals surface area contributed by atoms with E-state index in [9.17, 15) is 0 Å². The first kappa shape index (κ1) is 4.54. The molecule has 0 saturated carbocycles. The van der Waals surface area contributed by atoms with E-state index >= 15 is 0 Å². The van der Waals surface area contributed by atoms with Gasteiger partial charge in [-0.1, -0.05) is 6.08 Å². The molecule has 1 nitrogen and oxygen atoms in total. The summed E-state index contributed by atoms with van der Waals surface area (Å²) in [5, 5.41) is 0. The average Bonchev–Trinajstić information content (AvgIpc) is 1.41. The highest BCUT2D eigenvalue weighted by Crippen LogP contribution is 1.68. The highest BCUT2D eigenvalue weighted by molar-refractivity contribution is 4.75. The lowest BCUT2D eigenvalue weighted by molar-refractivity contribution is 1.37. The van der Waals surface area contributed by atoms with Crippen molar-refractivity contribution in [2.75, 3.05) is 0 Å². The minimum atomic E-state index is 0.788. The Morgan fingerprint density at radius 3 is 2.40 bits per heavy atom. The normalized spacial score (nSPS) is 9.80. The van der Waals surface area contributed by atoms with Crippen molar-refractivity contribution in [2.45, 2.75) is 6.42 Å². The first-order valence-corrected chi connectivity index (χ1v) is 1.57. The zero-order valence-electron chi connectivity index (χ0n) is 3.15. The van der Waals surface area contributed by atoms with Crippen molar-refractivity contribution >= 4 is 0 Å². The van der Waals surface area contributed by atoms with Gasteiger partial charge in [0.1, 0.15) is 0 Å². The molecule has 0 unspecified atom stereocenters. The minimum absolute atomic E-state index is 0.788. The molecule has 0 atom stereocenters. The number of nitrogens with two attached hydrogens (primary N) is 1. The number of rotatable bonds is 1. The second-order valence-corrected chi connectivity index (χ2v) is 0.717. The molecule has 0 aliphatic rings. The van der Waals surface area contributed by atoms with E-state index in [-0.39, 0.29) is 0 Å². The third-order valence-corrected chi connectivity index (χ3v) is 0.303. The van der Waals surface area contributed by atoms with Crippen LogP contribution in [-0.4, -0.2) is 0 Å². The molecule has 0 spiro atoms. The van der Waals surface area contributed by atoms with Crippen LogP contribution in [0.2, 0.25) is 0 Å². The molecule has 29 valence electrons. The van der Waals surface area contributed by atoms with Crippen LogP contribution in [-0.2, 0) is 0 Å². The van der Waals surface area contributed by atoms with E-state index in [2.05, 4.69) is 6.92 Å². The molecule has 1 heteroatoms. The van der Waals surface area contributed by atoms with E-state index in [4.69, 9.17) is 5.73 Å². The number of hydrogen-bond acceptors (Lipinski definition) is 1. The topological polar surface area (TPSA) is 26.0 Å². The lowest BCUT2D eigenvalue weighted by Gasteiger charge is -1.66. The summed E-state index contributed by atoms with van der Waals surface area (Å²) < 4.78 is 0. The van der Waals surface area contributed by atoms with Gasteiger partial charge in [-0.2, -0.15) is 0 Å². The molecule has 0 aromatic carbocycles. The largest absolute Gasteiger partial charge is 0.405 e. The quantitative estimate of drug-likeness (QED) is 0.482. The van der Waals surface area contributed by atoms with Crippen molar-refractivity contribution in [1.82, 2.24) is 0 Å². The zero-order valence-corrected chi connectivity index (χ0v) is 3.15. The van der Waals surface area contributed by atoms with Gasteiger partial charge in [-0.25, -0.2) is 0 Å². The average molecular weight is 70.1 g/mol. The molecule has 0 aliphatic carbocycles. The van der Waals surface area contributed by atoms with Crippen LogP contribution in [0.25, 0.3) is 0 Å². The molecular formula is C4H8N. The summed E-state index contributed by atoms with van der Waals surface area (Å²) >= 11 is 0. The molecular weight excluding hydrogens is 62.1 g/mol. The van der Waals surface area contributed by atoms with Gasteiger partial charge in [0.15, 0.2) is 0 Å². The fourth-order valence-corrected chi connectivity index (χ4v) is 0.0962. The minimum Gasteiger partial charge on any atom is -0.405 e. The Labute approximate surface area is 32.5 Å². The first-order chi connectivity index (χ1) is 2.41. The summed E-state index contributed by atoms with van der Waals surface area (Å²) in [5.74, 6) is 0. The van der Waals surface area contributed by atoms with E-state index in [1.807, 2.05) is 0 Å². The molecule has 0 aromatic rings. The maximum atomic E-state index is 4.92. The predicted octanol–water partition coefficient (Wildman–Crippen LogP) is 0.683. The second-order valence-electron chi connectivity index (χ2n) is 0.717. The van der Waals surface area contributed by atoms with Gasteiger partial charge in [-0.05, 0) is 19.5 Å². The Bertz CT molecular complexity index is 30.6. The van der Waals surface area contributed by atoms with Crippen LogP contribution in [0, 0.1) is 6.92 Å². The number of allylic oxidation sites excluding steroid dienone is 1. The Morgan fingerprint density at radius 2 is 2.40 bits per heavy atom. The molecule has 0 rings (SSSR count). The van der Waals surface area contributed by atoms with E-state index < -0.39 is 0 Å². The third-order valence-electron chi connectivity index (χ3n) is 0.303. The summed E-state index contributed by atoms with van der Waals surface area (Å²) in [7, 11) is 0. The lowest BCUT2D eigenvalue weighted by atomic mass is 10.5. The molecule has 0 aliphatic heterocycles. The molecule has 2 N–H and O–H groups in total. The van der Waals surface area contributed by atoms with E-state index in [0.29, 0.717) is 0 Å². The Morgan fingerprint density at radius 1 is 1.80 bits per heavy atom. The van der Waals surface area contributed by atoms with Crippen LogP contribution in [0.5, 0.6) is 0 Å². The van der Waals surface area contributed by atoms with Gasteiger partial charge in [0.05, 0.1) is 0 Å². The molecule has 0 fully saturated rings. The second kappa shape index (κ2) is 3.54. The highest BCUT2D eigenvalue weighted by Gasteiger charge is 1.52. The lowest BCUT2D eigenvalue weighted by Crippen LogP contribution is -1.72. The maximum absolute atomic E-state index is 4.92. The standard InChI is InChI=1S/C4H8N/c1-2-3-4-5/h3-4H,1-2,5H2. The molecule has 0 bridgehead atoms. The molecule has 0 aromatic heterocycles. The first-order valence-electron chi connectivity index (χ1n) is 1.57. The Hall–Kier alpha value is -0.460. The van der Waals surface area contributed by atoms with Crippen molar-refractivity contribution in [1.29, 1.82) is 0 Å². The van der Waals surface area contributed by atoms with Gasteiger partial charge < -0.3 is 5.73 Å². The van der Waals surface area contributed by atoms with Gasteiger partial charge in [0.2, 0.25) is 0 Å². The van der Waals surface area contributed by atoms with Gasteiger partial charge in [0, 0.05) is 0 Å². The molecule has 0 heterocycles. The van der Waals surface area contributed by atoms with Crippen molar-refractivity contribution in [3.63, 3.8) is 0 Å². The fraction of sp³-hybridized carbons (Fsp3) is 0.250. The molecule has 0 amide bonds. The van der Waals surface area contributed by atoms with Crippen LogP contribution < -0.4 is 5.73 Å². The van der Waals surface area contributed by atoms with E-state index in [0.717, 1.165) is 6.42 Å². The summed E-state index contributed by atoms with van der Waals surface area (Å²) in [6.45, 7) is 3.51. The molecule has 1 radical (unpaired) electrons. The van der Waals surface area contributed by atoms with Crippen molar-refractivity contribution in [3.8, 4) is 0 Å². The van der Waals surface area contributed by atoms with Gasteiger partial charge in [0.25, 0.3) is 0 Å². The van der Waals surface area contributed by atoms with E-state index in [1.54, 1.807) is 6.08 Å². The van der Waals surface area contributed by atoms with Crippen LogP contribution in [0.1, 0.15) is 6.42 Å². The monoisotopic (exact) mass is 70.1 g/mol. The Kier molecular flexibility index (Phi) is 3.21. The smallest absolute Gasteiger partial charge is 0.0103 e.